The van der Waals surface area contributed by atoms with Crippen molar-refractivity contribution >= 4 is 22.8 Å². The third-order valence-electron chi connectivity index (χ3n) is 5.99. The second kappa shape index (κ2) is 5.36. The second-order valence-electron chi connectivity index (χ2n) is 7.31. The van der Waals surface area contributed by atoms with Crippen molar-refractivity contribution in [3.8, 4) is 0 Å². The Morgan fingerprint density at radius 3 is 3.00 bits per heavy atom. The Morgan fingerprint density at radius 1 is 1.42 bits per heavy atom. The molecule has 24 heavy (non-hydrogen) atoms. The predicted octanol–water partition coefficient (Wildman–Crippen LogP) is 2.73. The van der Waals surface area contributed by atoms with Gasteiger partial charge in [0.25, 0.3) is 0 Å². The van der Waals surface area contributed by atoms with Gasteiger partial charge in [-0.15, -0.1) is 0 Å². The van der Waals surface area contributed by atoms with Crippen molar-refractivity contribution in [1.82, 2.24) is 9.88 Å². The number of nitrogens with zero attached hydrogens (tertiary/aromatic N) is 1. The van der Waals surface area contributed by atoms with Crippen molar-refractivity contribution in [2.24, 2.45) is 11.3 Å². The minimum atomic E-state index is -0.733. The summed E-state index contributed by atoms with van der Waals surface area (Å²) in [6, 6.07) is 6.05. The van der Waals surface area contributed by atoms with Gasteiger partial charge in [-0.25, -0.2) is 0 Å². The van der Waals surface area contributed by atoms with Crippen molar-refractivity contribution in [2.75, 3.05) is 13.1 Å². The number of aryl methyl sites for hydroxylation is 1. The Balaban J connectivity index is 1.56. The highest BCUT2D eigenvalue weighted by Crippen LogP contribution is 2.49. The number of hydrogen-bond donors (Lipinski definition) is 2. The number of carboxylic acids is 1. The van der Waals surface area contributed by atoms with E-state index in [9.17, 15) is 14.7 Å². The van der Waals surface area contributed by atoms with E-state index in [1.807, 2.05) is 31.3 Å². The third kappa shape index (κ3) is 2.14. The van der Waals surface area contributed by atoms with Gasteiger partial charge >= 0.3 is 5.97 Å². The van der Waals surface area contributed by atoms with Crippen LogP contribution in [0.25, 0.3) is 10.9 Å². The van der Waals surface area contributed by atoms with Crippen LogP contribution in [0.3, 0.4) is 0 Å². The molecular weight excluding hydrogens is 304 g/mol. The summed E-state index contributed by atoms with van der Waals surface area (Å²) in [6.07, 6.45) is 4.80. The first kappa shape index (κ1) is 15.2. The number of hydrogen-bond acceptors (Lipinski definition) is 2. The van der Waals surface area contributed by atoms with Gasteiger partial charge in [0, 0.05) is 30.2 Å². The molecule has 2 fully saturated rings. The molecule has 4 rings (SSSR count). The Hall–Kier alpha value is -2.30. The number of likely N-dealkylation sites (tertiary alicyclic amines) is 1. The summed E-state index contributed by atoms with van der Waals surface area (Å²) in [5.74, 6) is -0.582. The highest BCUT2D eigenvalue weighted by molar-refractivity contribution is 5.91. The van der Waals surface area contributed by atoms with Crippen molar-refractivity contribution < 1.29 is 14.7 Å². The number of amides is 1. The van der Waals surface area contributed by atoms with E-state index in [4.69, 9.17) is 0 Å². The highest BCUT2D eigenvalue weighted by atomic mass is 16.4. The molecule has 2 heterocycles. The van der Waals surface area contributed by atoms with E-state index >= 15 is 0 Å². The first-order valence-electron chi connectivity index (χ1n) is 8.58. The number of nitrogens with one attached hydrogen (secondary N) is 1. The molecule has 126 valence electrons. The molecule has 2 aromatic rings. The third-order valence-corrected chi connectivity index (χ3v) is 5.99. The summed E-state index contributed by atoms with van der Waals surface area (Å²) < 4.78 is 0. The summed E-state index contributed by atoms with van der Waals surface area (Å²) in [6.45, 7) is 3.00. The monoisotopic (exact) mass is 326 g/mol. The molecule has 1 aromatic carbocycles. The quantitative estimate of drug-likeness (QED) is 0.911. The minimum Gasteiger partial charge on any atom is -0.481 e. The average Bonchev–Trinajstić information content (AvgIpc) is 3.19. The molecule has 1 aliphatic carbocycles. The largest absolute Gasteiger partial charge is 0.481 e. The maximum absolute atomic E-state index is 12.8. The molecule has 0 spiro atoms. The van der Waals surface area contributed by atoms with Crippen LogP contribution in [0, 0.1) is 18.3 Å². The maximum atomic E-state index is 12.8. The molecule has 1 aliphatic heterocycles. The van der Waals surface area contributed by atoms with Crippen LogP contribution in [0.1, 0.15) is 30.4 Å². The van der Waals surface area contributed by atoms with Gasteiger partial charge in [-0.3, -0.25) is 9.59 Å². The van der Waals surface area contributed by atoms with Crippen molar-refractivity contribution in [3.63, 3.8) is 0 Å². The standard InChI is InChI=1S/C19H22N2O3/c1-12-4-2-6-15-17(12)13(9-20-15)8-16(22)21-10-14-5-3-7-19(14,11-21)18(23)24/h2,4,6,9,14,20H,3,5,7-8,10-11H2,1H3,(H,23,24)/t14-,19+/m0/s1. The van der Waals surface area contributed by atoms with Gasteiger partial charge in [0.2, 0.25) is 5.91 Å². The van der Waals surface area contributed by atoms with Gasteiger partial charge in [-0.1, -0.05) is 18.6 Å². The second-order valence-corrected chi connectivity index (χ2v) is 7.31. The van der Waals surface area contributed by atoms with Crippen LogP contribution in [-0.2, 0) is 16.0 Å². The van der Waals surface area contributed by atoms with E-state index in [-0.39, 0.29) is 11.8 Å². The van der Waals surface area contributed by atoms with E-state index in [0.717, 1.165) is 34.9 Å². The number of carbonyl (C=O) groups is 2. The van der Waals surface area contributed by atoms with Gasteiger partial charge < -0.3 is 15.0 Å². The lowest BCUT2D eigenvalue weighted by Gasteiger charge is -2.23. The molecule has 2 atom stereocenters. The van der Waals surface area contributed by atoms with E-state index in [1.165, 1.54) is 0 Å². The zero-order chi connectivity index (χ0) is 16.9. The Bertz CT molecular complexity index is 825. The Morgan fingerprint density at radius 2 is 2.25 bits per heavy atom. The molecule has 1 amide bonds. The van der Waals surface area contributed by atoms with Crippen LogP contribution >= 0.6 is 0 Å². The smallest absolute Gasteiger partial charge is 0.311 e. The molecule has 1 aromatic heterocycles. The first-order valence-corrected chi connectivity index (χ1v) is 8.58. The molecule has 1 saturated heterocycles. The number of carbonyl (C=O) groups excluding carboxylic acids is 1. The number of H-pyrrole nitrogens is 1. The Kier molecular flexibility index (Phi) is 3.41. The molecule has 0 bridgehead atoms. The van der Waals surface area contributed by atoms with E-state index in [2.05, 4.69) is 4.98 Å². The normalized spacial score (nSPS) is 26.0. The van der Waals surface area contributed by atoms with Gasteiger partial charge in [0.05, 0.1) is 11.8 Å². The molecule has 5 heteroatoms. The van der Waals surface area contributed by atoms with Gasteiger partial charge in [0.15, 0.2) is 0 Å². The molecule has 0 unspecified atom stereocenters. The van der Waals surface area contributed by atoms with Crippen LogP contribution in [0.2, 0.25) is 0 Å². The SMILES string of the molecule is Cc1cccc2[nH]cc(CC(=O)N3C[C@@H]4CCC[C@@]4(C(=O)O)C3)c12. The lowest BCUT2D eigenvalue weighted by atomic mass is 9.81. The number of fused-ring (bicyclic) bond motifs is 2. The fourth-order valence-electron chi connectivity index (χ4n) is 4.69. The molecule has 2 aliphatic rings. The van der Waals surface area contributed by atoms with Crippen LogP contribution in [0.5, 0.6) is 0 Å². The summed E-state index contributed by atoms with van der Waals surface area (Å²) in [4.78, 5) is 29.5. The number of benzene rings is 1. The van der Waals surface area contributed by atoms with Crippen LogP contribution < -0.4 is 0 Å². The number of carboxylic acid groups (broad SMARTS) is 1. The van der Waals surface area contributed by atoms with Crippen molar-refractivity contribution in [3.05, 3.63) is 35.5 Å². The highest BCUT2D eigenvalue weighted by Gasteiger charge is 2.55. The summed E-state index contributed by atoms with van der Waals surface area (Å²) in [7, 11) is 0. The first-order chi connectivity index (χ1) is 11.5. The average molecular weight is 326 g/mol. The number of aromatic amines is 1. The molecule has 0 radical (unpaired) electrons. The fourth-order valence-corrected chi connectivity index (χ4v) is 4.69. The Labute approximate surface area is 140 Å². The molecule has 2 N–H and O–H groups in total. The van der Waals surface area contributed by atoms with E-state index < -0.39 is 11.4 Å². The number of rotatable bonds is 3. The zero-order valence-electron chi connectivity index (χ0n) is 13.8. The van der Waals surface area contributed by atoms with Crippen molar-refractivity contribution in [1.29, 1.82) is 0 Å². The minimum absolute atomic E-state index is 0.0363. The fraction of sp³-hybridized carbons (Fsp3) is 0.474. The van der Waals surface area contributed by atoms with Crippen LogP contribution in [0.15, 0.2) is 24.4 Å². The van der Waals surface area contributed by atoms with Gasteiger partial charge in [0.1, 0.15) is 0 Å². The molecule has 5 nitrogen and oxygen atoms in total. The lowest BCUT2D eigenvalue weighted by molar-refractivity contribution is -0.149. The predicted molar refractivity (Wildman–Crippen MR) is 90.7 cm³/mol. The van der Waals surface area contributed by atoms with E-state index in [1.54, 1.807) is 4.90 Å². The summed E-state index contributed by atoms with van der Waals surface area (Å²) >= 11 is 0. The van der Waals surface area contributed by atoms with Gasteiger partial charge in [-0.05, 0) is 42.9 Å². The van der Waals surface area contributed by atoms with Crippen LogP contribution in [0.4, 0.5) is 0 Å². The lowest BCUT2D eigenvalue weighted by Crippen LogP contribution is -2.37. The van der Waals surface area contributed by atoms with Gasteiger partial charge in [-0.2, -0.15) is 0 Å². The zero-order valence-corrected chi connectivity index (χ0v) is 13.8. The molecule has 1 saturated carbocycles. The van der Waals surface area contributed by atoms with E-state index in [0.29, 0.717) is 25.9 Å². The van der Waals surface area contributed by atoms with Crippen molar-refractivity contribution in [2.45, 2.75) is 32.6 Å². The molecular formula is C19H22N2O3. The summed E-state index contributed by atoms with van der Waals surface area (Å²) in [5.41, 5.74) is 2.48. The number of aromatic nitrogens is 1. The summed E-state index contributed by atoms with van der Waals surface area (Å²) in [5, 5.41) is 10.8. The topological polar surface area (TPSA) is 73.4 Å². The maximum Gasteiger partial charge on any atom is 0.311 e. The van der Waals surface area contributed by atoms with Crippen LogP contribution in [-0.4, -0.2) is 40.0 Å². The number of aliphatic carboxylic acids is 1.